The summed E-state index contributed by atoms with van der Waals surface area (Å²) in [6, 6.07) is 5.63. The van der Waals surface area contributed by atoms with Gasteiger partial charge in [-0.25, -0.2) is 0 Å². The molecule has 0 aliphatic heterocycles. The van der Waals surface area contributed by atoms with Gasteiger partial charge in [0.05, 0.1) is 7.11 Å². The molecular formula is C13H18N2O3S2. The van der Waals surface area contributed by atoms with Crippen LogP contribution >= 0.6 is 24.4 Å². The van der Waals surface area contributed by atoms with E-state index in [0.29, 0.717) is 12.3 Å². The third-order valence-electron chi connectivity index (χ3n) is 2.60. The van der Waals surface area contributed by atoms with E-state index in [1.807, 2.05) is 24.5 Å². The summed E-state index contributed by atoms with van der Waals surface area (Å²) in [6.45, 7) is 0.426. The van der Waals surface area contributed by atoms with Gasteiger partial charge in [-0.1, -0.05) is 11.2 Å². The average Bonchev–Trinajstić information content (AvgIpc) is 2.49. The lowest BCUT2D eigenvalue weighted by molar-refractivity contribution is -0.114. The molecule has 5 nitrogen and oxygen atoms in total. The minimum absolute atomic E-state index is 0.0609. The van der Waals surface area contributed by atoms with Crippen molar-refractivity contribution in [1.29, 1.82) is 0 Å². The molecule has 0 fully saturated rings. The zero-order chi connectivity index (χ0) is 15.0. The molecule has 0 spiro atoms. The number of nitrogens with one attached hydrogen (secondary N) is 1. The van der Waals surface area contributed by atoms with Crippen molar-refractivity contribution >= 4 is 36.0 Å². The first-order chi connectivity index (χ1) is 9.65. The number of ether oxygens (including phenoxy) is 1. The highest BCUT2D eigenvalue weighted by atomic mass is 32.2. The van der Waals surface area contributed by atoms with Gasteiger partial charge >= 0.3 is 0 Å². The molecule has 0 aromatic heterocycles. The number of hydrogen-bond acceptors (Lipinski definition) is 6. The molecule has 1 rings (SSSR count). The lowest BCUT2D eigenvalue weighted by Crippen LogP contribution is -2.33. The summed E-state index contributed by atoms with van der Waals surface area (Å²) in [4.78, 5) is 12.8. The van der Waals surface area contributed by atoms with E-state index in [1.54, 1.807) is 18.9 Å². The van der Waals surface area contributed by atoms with Gasteiger partial charge in [-0.2, -0.15) is 12.6 Å². The zero-order valence-corrected chi connectivity index (χ0v) is 13.1. The zero-order valence-electron chi connectivity index (χ0n) is 11.4. The third-order valence-corrected chi connectivity index (χ3v) is 3.60. The summed E-state index contributed by atoms with van der Waals surface area (Å²) in [7, 11) is 1.60. The molecular weight excluding hydrogens is 296 g/mol. The summed E-state index contributed by atoms with van der Waals surface area (Å²) < 4.78 is 5.28. The Kier molecular flexibility index (Phi) is 7.32. The molecule has 0 aliphatic carbocycles. The molecule has 1 aromatic rings. The standard InChI is InChI=1S/C13H18N2O3S2/c1-18-11-8-9(3-4-12(11)20-2)7-10(15-17)13(16)14-5-6-19/h3-4,8,17,19H,5-7H2,1-2H3,(H,14,16)/b15-10+. The number of methoxy groups -OCH3 is 1. The maximum atomic E-state index is 11.7. The molecule has 20 heavy (non-hydrogen) atoms. The topological polar surface area (TPSA) is 70.9 Å². The smallest absolute Gasteiger partial charge is 0.269 e. The summed E-state index contributed by atoms with van der Waals surface area (Å²) in [6.07, 6.45) is 2.20. The Bertz CT molecular complexity index is 493. The second kappa shape index (κ2) is 8.76. The van der Waals surface area contributed by atoms with Gasteiger partial charge < -0.3 is 15.3 Å². The Labute approximate surface area is 128 Å². The number of nitrogens with zero attached hydrogens (tertiary/aromatic N) is 1. The Morgan fingerprint density at radius 1 is 1.55 bits per heavy atom. The van der Waals surface area contributed by atoms with Crippen LogP contribution in [0.3, 0.4) is 0 Å². The van der Waals surface area contributed by atoms with E-state index in [2.05, 4.69) is 23.1 Å². The van der Waals surface area contributed by atoms with Gasteiger partial charge in [0.1, 0.15) is 11.5 Å². The first kappa shape index (κ1) is 16.7. The molecule has 110 valence electrons. The van der Waals surface area contributed by atoms with Crippen LogP contribution in [0.25, 0.3) is 0 Å². The fraction of sp³-hybridized carbons (Fsp3) is 0.385. The maximum Gasteiger partial charge on any atom is 0.269 e. The first-order valence-electron chi connectivity index (χ1n) is 5.97. The summed E-state index contributed by atoms with van der Waals surface area (Å²) in [5, 5.41) is 14.6. The monoisotopic (exact) mass is 314 g/mol. The number of oxime groups is 1. The highest BCUT2D eigenvalue weighted by molar-refractivity contribution is 7.98. The van der Waals surface area contributed by atoms with Gasteiger partial charge in [-0.3, -0.25) is 4.79 Å². The maximum absolute atomic E-state index is 11.7. The lowest BCUT2D eigenvalue weighted by Gasteiger charge is -2.09. The van der Waals surface area contributed by atoms with Crippen LogP contribution < -0.4 is 10.1 Å². The van der Waals surface area contributed by atoms with Crippen molar-refractivity contribution in [2.75, 3.05) is 25.7 Å². The molecule has 0 saturated heterocycles. The van der Waals surface area contributed by atoms with Crippen molar-refractivity contribution < 1.29 is 14.7 Å². The third kappa shape index (κ3) is 4.64. The number of carbonyl (C=O) groups excluding carboxylic acids is 1. The Hall–Kier alpha value is -1.34. The fourth-order valence-corrected chi connectivity index (χ4v) is 2.28. The number of benzene rings is 1. The van der Waals surface area contributed by atoms with E-state index in [4.69, 9.17) is 9.94 Å². The average molecular weight is 314 g/mol. The van der Waals surface area contributed by atoms with E-state index in [0.717, 1.165) is 16.2 Å². The highest BCUT2D eigenvalue weighted by Crippen LogP contribution is 2.28. The van der Waals surface area contributed by atoms with Crippen LogP contribution in [0.2, 0.25) is 0 Å². The molecule has 0 atom stereocenters. The lowest BCUT2D eigenvalue weighted by atomic mass is 10.1. The molecule has 0 heterocycles. The van der Waals surface area contributed by atoms with Crippen molar-refractivity contribution in [3.8, 4) is 5.75 Å². The van der Waals surface area contributed by atoms with Crippen molar-refractivity contribution in [2.45, 2.75) is 11.3 Å². The minimum Gasteiger partial charge on any atom is -0.496 e. The number of rotatable bonds is 7. The normalized spacial score (nSPS) is 11.2. The SMILES string of the molecule is COc1cc(C/C(=N\O)C(=O)NCCS)ccc1SC. The van der Waals surface area contributed by atoms with E-state index >= 15 is 0 Å². The predicted molar refractivity (Wildman–Crippen MR) is 84.6 cm³/mol. The highest BCUT2D eigenvalue weighted by Gasteiger charge is 2.13. The molecule has 0 aliphatic rings. The van der Waals surface area contributed by atoms with Crippen LogP contribution in [0.1, 0.15) is 5.56 Å². The number of hydrogen-bond donors (Lipinski definition) is 3. The van der Waals surface area contributed by atoms with Crippen molar-refractivity contribution in [3.05, 3.63) is 23.8 Å². The second-order valence-corrected chi connectivity index (χ2v) is 5.19. The van der Waals surface area contributed by atoms with Crippen molar-refractivity contribution in [3.63, 3.8) is 0 Å². The second-order valence-electron chi connectivity index (χ2n) is 3.89. The van der Waals surface area contributed by atoms with Gasteiger partial charge in [0.2, 0.25) is 0 Å². The Morgan fingerprint density at radius 3 is 2.85 bits per heavy atom. The number of thioether (sulfide) groups is 1. The molecule has 7 heteroatoms. The molecule has 0 saturated carbocycles. The molecule has 0 unspecified atom stereocenters. The van der Waals surface area contributed by atoms with Crippen molar-refractivity contribution in [2.24, 2.45) is 5.16 Å². The predicted octanol–water partition coefficient (Wildman–Crippen LogP) is 1.84. The van der Waals surface area contributed by atoms with Crippen LogP contribution in [0.15, 0.2) is 28.3 Å². The van der Waals surface area contributed by atoms with Crippen LogP contribution in [-0.2, 0) is 11.2 Å². The largest absolute Gasteiger partial charge is 0.496 e. The number of thiol groups is 1. The van der Waals surface area contributed by atoms with E-state index in [-0.39, 0.29) is 12.1 Å². The van der Waals surface area contributed by atoms with E-state index < -0.39 is 5.91 Å². The van der Waals surface area contributed by atoms with Crippen LogP contribution in [0.4, 0.5) is 0 Å². The fourth-order valence-electron chi connectivity index (χ4n) is 1.62. The summed E-state index contributed by atoms with van der Waals surface area (Å²) in [5.41, 5.74) is 0.902. The number of carbonyl (C=O) groups is 1. The molecule has 1 aromatic carbocycles. The van der Waals surface area contributed by atoms with Gasteiger partial charge in [0.15, 0.2) is 0 Å². The number of amides is 1. The summed E-state index contributed by atoms with van der Waals surface area (Å²) in [5.74, 6) is 0.873. The Morgan fingerprint density at radius 2 is 2.30 bits per heavy atom. The van der Waals surface area contributed by atoms with Gasteiger partial charge in [-0.05, 0) is 24.0 Å². The molecule has 0 bridgehead atoms. The Balaban J connectivity index is 2.83. The van der Waals surface area contributed by atoms with Gasteiger partial charge in [-0.15, -0.1) is 11.8 Å². The van der Waals surface area contributed by atoms with Crippen LogP contribution in [0.5, 0.6) is 5.75 Å². The van der Waals surface area contributed by atoms with Crippen LogP contribution in [0, 0.1) is 0 Å². The first-order valence-corrected chi connectivity index (χ1v) is 7.82. The minimum atomic E-state index is -0.394. The van der Waals surface area contributed by atoms with Crippen LogP contribution in [-0.4, -0.2) is 42.5 Å². The summed E-state index contributed by atoms with van der Waals surface area (Å²) >= 11 is 5.58. The van der Waals surface area contributed by atoms with Gasteiger partial charge in [0.25, 0.3) is 5.91 Å². The van der Waals surface area contributed by atoms with Gasteiger partial charge in [0, 0.05) is 23.6 Å². The van der Waals surface area contributed by atoms with Crippen molar-refractivity contribution in [1.82, 2.24) is 5.32 Å². The van der Waals surface area contributed by atoms with E-state index in [1.165, 1.54) is 0 Å². The quantitative estimate of drug-likeness (QED) is 0.236. The molecule has 0 radical (unpaired) electrons. The molecule has 2 N–H and O–H groups in total. The molecule has 1 amide bonds. The van der Waals surface area contributed by atoms with E-state index in [9.17, 15) is 4.79 Å².